The topological polar surface area (TPSA) is 260 Å². The number of nitrogens with zero attached hydrogens (tertiary/aromatic N) is 3. The molecule has 330 valence electrons. The summed E-state index contributed by atoms with van der Waals surface area (Å²) >= 11 is 0. The molecular weight excluding hydrogens is 833 g/mol. The fourth-order valence-corrected chi connectivity index (χ4v) is 9.22. The van der Waals surface area contributed by atoms with Crippen LogP contribution in [0.1, 0.15) is 101 Å². The van der Waals surface area contributed by atoms with Gasteiger partial charge in [0.15, 0.2) is 23.1 Å². The van der Waals surface area contributed by atoms with Crippen molar-refractivity contribution in [2.45, 2.75) is 115 Å². The van der Waals surface area contributed by atoms with Gasteiger partial charge in [-0.25, -0.2) is 9.59 Å². The molecular formula is C39H52N10O10S2. The van der Waals surface area contributed by atoms with Gasteiger partial charge in [-0.2, -0.15) is 36.1 Å². The molecule has 8 rings (SSSR count). The fourth-order valence-electron chi connectivity index (χ4n) is 7.65. The average Bonchev–Trinajstić information content (AvgIpc) is 4.00. The molecule has 0 saturated heterocycles. The van der Waals surface area contributed by atoms with Crippen molar-refractivity contribution in [3.8, 4) is 11.5 Å². The molecule has 0 radical (unpaired) electrons. The van der Waals surface area contributed by atoms with E-state index in [1.165, 1.54) is 7.05 Å². The van der Waals surface area contributed by atoms with Crippen LogP contribution in [0.5, 0.6) is 11.5 Å². The van der Waals surface area contributed by atoms with Crippen LogP contribution in [0.4, 0.5) is 32.6 Å². The molecule has 7 N–H and O–H groups in total. The summed E-state index contributed by atoms with van der Waals surface area (Å²) in [6.45, 7) is 7.91. The second-order valence-corrected chi connectivity index (χ2v) is 19.1. The number of aromatic amines is 2. The summed E-state index contributed by atoms with van der Waals surface area (Å²) in [4.78, 5) is 23.6. The van der Waals surface area contributed by atoms with Crippen LogP contribution >= 0.6 is 0 Å². The van der Waals surface area contributed by atoms with E-state index >= 15 is 0 Å². The summed E-state index contributed by atoms with van der Waals surface area (Å²) in [5.41, 5.74) is 4.84. The summed E-state index contributed by atoms with van der Waals surface area (Å²) < 4.78 is 71.7. The lowest BCUT2D eigenvalue weighted by molar-refractivity contribution is 0.0972. The highest BCUT2D eigenvalue weighted by atomic mass is 32.2. The summed E-state index contributed by atoms with van der Waals surface area (Å²) in [6, 6.07) is 14.3. The van der Waals surface area contributed by atoms with Crippen LogP contribution < -0.4 is 34.4 Å². The van der Waals surface area contributed by atoms with Crippen molar-refractivity contribution in [1.82, 2.24) is 40.1 Å². The molecule has 2 aliphatic heterocycles. The fraction of sp³-hybridized carbons (Fsp3) is 0.487. The maximum atomic E-state index is 11.9. The van der Waals surface area contributed by atoms with E-state index < -0.39 is 20.6 Å². The Balaban J connectivity index is 0.000000184. The Bertz CT molecular complexity index is 2440. The summed E-state index contributed by atoms with van der Waals surface area (Å²) in [6.07, 6.45) is 3.91. The molecule has 2 amide bonds. The number of rotatable bonds is 10. The second-order valence-electron chi connectivity index (χ2n) is 16.1. The Morgan fingerprint density at radius 2 is 1.23 bits per heavy atom. The number of H-pyrrole nitrogens is 2. The SMILES string of the molecule is CC(C)NC(=O)O[C@@H]1CC[C@H](c2cc(Nc3cccc4c3CN(C)S(=O)(=O)O4)n[nH]2)C1.CC(C)NC(=O)O[C@@H]1CC[C@H](c2cc(Nc3cccc4c3CNS(=O)(=O)O4)n[nH]2)C1. The molecule has 4 aliphatic rings. The number of aromatic nitrogens is 4. The van der Waals surface area contributed by atoms with Crippen molar-refractivity contribution in [2.24, 2.45) is 0 Å². The lowest BCUT2D eigenvalue weighted by atomic mass is 10.0. The molecule has 20 nitrogen and oxygen atoms in total. The van der Waals surface area contributed by atoms with E-state index in [4.69, 9.17) is 17.8 Å². The van der Waals surface area contributed by atoms with Gasteiger partial charge in [-0.1, -0.05) is 12.1 Å². The van der Waals surface area contributed by atoms with Crippen molar-refractivity contribution < 1.29 is 44.3 Å². The number of ether oxygens (including phenoxy) is 2. The maximum Gasteiger partial charge on any atom is 0.407 e. The highest BCUT2D eigenvalue weighted by Crippen LogP contribution is 2.39. The van der Waals surface area contributed by atoms with Crippen LogP contribution in [0.3, 0.4) is 0 Å². The quantitative estimate of drug-likeness (QED) is 0.102. The predicted molar refractivity (Wildman–Crippen MR) is 224 cm³/mol. The third-order valence-electron chi connectivity index (χ3n) is 10.6. The number of carbonyl (C=O) groups is 2. The first-order chi connectivity index (χ1) is 29.0. The molecule has 2 aliphatic carbocycles. The zero-order valence-corrected chi connectivity index (χ0v) is 36.1. The summed E-state index contributed by atoms with van der Waals surface area (Å²) in [5.74, 6) is 2.31. The normalized spacial score (nSPS) is 22.4. The van der Waals surface area contributed by atoms with Gasteiger partial charge >= 0.3 is 32.8 Å². The molecule has 2 aromatic carbocycles. The van der Waals surface area contributed by atoms with Gasteiger partial charge in [0.25, 0.3) is 0 Å². The minimum absolute atomic E-state index is 0.0416. The highest BCUT2D eigenvalue weighted by Gasteiger charge is 2.33. The Labute approximate surface area is 354 Å². The zero-order valence-electron chi connectivity index (χ0n) is 34.5. The van der Waals surface area contributed by atoms with Gasteiger partial charge in [-0.05, 0) is 90.5 Å². The van der Waals surface area contributed by atoms with Crippen molar-refractivity contribution >= 4 is 55.8 Å². The lowest BCUT2D eigenvalue weighted by Gasteiger charge is -2.26. The van der Waals surface area contributed by atoms with Crippen molar-refractivity contribution in [3.63, 3.8) is 0 Å². The molecule has 2 fully saturated rings. The van der Waals surface area contributed by atoms with Crippen LogP contribution in [0.15, 0.2) is 48.5 Å². The van der Waals surface area contributed by atoms with Crippen LogP contribution in [0.25, 0.3) is 0 Å². The number of carbonyl (C=O) groups excluding carboxylic acids is 2. The van der Waals surface area contributed by atoms with Crippen molar-refractivity contribution in [1.29, 1.82) is 0 Å². The Morgan fingerprint density at radius 1 is 0.738 bits per heavy atom. The molecule has 22 heteroatoms. The third-order valence-corrected chi connectivity index (χ3v) is 12.8. The molecule has 4 atom stereocenters. The number of alkyl carbamates (subject to hydrolysis) is 2. The molecule has 4 aromatic rings. The van der Waals surface area contributed by atoms with Crippen LogP contribution in [-0.2, 0) is 43.2 Å². The maximum absolute atomic E-state index is 11.9. The van der Waals surface area contributed by atoms with E-state index in [2.05, 4.69) is 46.4 Å². The minimum atomic E-state index is -3.75. The second kappa shape index (κ2) is 18.2. The van der Waals surface area contributed by atoms with Gasteiger partial charge in [-0.3, -0.25) is 10.2 Å². The monoisotopic (exact) mass is 884 g/mol. The number of amides is 2. The van der Waals surface area contributed by atoms with Gasteiger partial charge in [0.05, 0.1) is 0 Å². The standard InChI is InChI=1S/C20H27N5O5S.C19H25N5O5S/c1-12(2)21-20(26)29-14-8-7-13(9-14)17-10-19(24-23-17)22-16-5-4-6-18-15(16)11-25(3)31(27,28)30-18;1-11(2)21-19(25)28-13-7-6-12(8-13)16-9-18(24-23-16)22-15-4-3-5-17-14(15)10-20-30(26,27)29-17/h4-6,10,12-14H,7-9,11H2,1-3H3,(H,21,26)(H2,22,23,24);3-5,9,11-13,20H,6-8,10H2,1-2H3,(H,21,25)(H2,22,23,24)/t13-,14+;12-,13+/m00/s1. The van der Waals surface area contributed by atoms with Gasteiger partial charge in [0.1, 0.15) is 12.2 Å². The number of anilines is 4. The first-order valence-corrected chi connectivity index (χ1v) is 22.9. The number of benzene rings is 2. The van der Waals surface area contributed by atoms with Crippen LogP contribution in [-0.4, -0.2) is 85.1 Å². The summed E-state index contributed by atoms with van der Waals surface area (Å²) in [5, 5.41) is 26.8. The number of nitrogens with one attached hydrogen (secondary N) is 7. The summed E-state index contributed by atoms with van der Waals surface area (Å²) in [7, 11) is -6.03. The molecule has 0 unspecified atom stereocenters. The van der Waals surface area contributed by atoms with E-state index in [0.717, 1.165) is 65.5 Å². The Morgan fingerprint density at radius 3 is 1.74 bits per heavy atom. The van der Waals surface area contributed by atoms with Crippen LogP contribution in [0.2, 0.25) is 0 Å². The van der Waals surface area contributed by atoms with E-state index in [-0.39, 0.29) is 61.4 Å². The molecule has 2 saturated carbocycles. The minimum Gasteiger partial charge on any atom is -0.446 e. The van der Waals surface area contributed by atoms with Gasteiger partial charge < -0.3 is 39.1 Å². The number of hydrogen-bond acceptors (Lipinski definition) is 14. The molecule has 61 heavy (non-hydrogen) atoms. The lowest BCUT2D eigenvalue weighted by Crippen LogP contribution is -2.34. The van der Waals surface area contributed by atoms with E-state index in [9.17, 15) is 26.4 Å². The highest BCUT2D eigenvalue weighted by molar-refractivity contribution is 7.85. The smallest absolute Gasteiger partial charge is 0.407 e. The average molecular weight is 885 g/mol. The molecule has 0 bridgehead atoms. The Kier molecular flexibility index (Phi) is 13.0. The van der Waals surface area contributed by atoms with Crippen LogP contribution in [0, 0.1) is 0 Å². The zero-order chi connectivity index (χ0) is 43.5. The molecule has 2 aromatic heterocycles. The van der Waals surface area contributed by atoms with Gasteiger partial charge in [0.2, 0.25) is 0 Å². The Hall–Kier alpha value is -5.58. The number of hydrogen-bond donors (Lipinski definition) is 7. The number of fused-ring (bicyclic) bond motifs is 2. The molecule has 0 spiro atoms. The van der Waals surface area contributed by atoms with Gasteiger partial charge in [0, 0.05) is 90.1 Å². The van der Waals surface area contributed by atoms with E-state index in [1.807, 2.05) is 52.0 Å². The van der Waals surface area contributed by atoms with Crippen molar-refractivity contribution in [3.05, 3.63) is 71.0 Å². The van der Waals surface area contributed by atoms with E-state index in [0.29, 0.717) is 34.4 Å². The largest absolute Gasteiger partial charge is 0.446 e. The predicted octanol–water partition coefficient (Wildman–Crippen LogP) is 5.64. The van der Waals surface area contributed by atoms with Gasteiger partial charge in [-0.15, -0.1) is 0 Å². The first kappa shape index (κ1) is 43.5. The van der Waals surface area contributed by atoms with E-state index in [1.54, 1.807) is 24.3 Å². The third kappa shape index (κ3) is 11.0. The van der Waals surface area contributed by atoms with Crippen molar-refractivity contribution in [2.75, 3.05) is 17.7 Å². The first-order valence-electron chi connectivity index (χ1n) is 20.2. The molecule has 4 heterocycles.